The zero-order chi connectivity index (χ0) is 15.3. The number of aromatic amines is 1. The number of H-pyrrole nitrogens is 1. The van der Waals surface area contributed by atoms with Crippen LogP contribution in [0.4, 0.5) is 0 Å². The fraction of sp³-hybridized carbons (Fsp3) is 0.412. The Labute approximate surface area is 129 Å². The average Bonchev–Trinajstić information content (AvgIpc) is 3.18. The number of imidazole rings is 1. The van der Waals surface area contributed by atoms with Crippen LogP contribution in [0.3, 0.4) is 0 Å². The Morgan fingerprint density at radius 2 is 2.18 bits per heavy atom. The summed E-state index contributed by atoms with van der Waals surface area (Å²) in [6, 6.07) is 4.03. The van der Waals surface area contributed by atoms with Crippen LogP contribution in [-0.2, 0) is 19.4 Å². The highest BCUT2D eigenvalue weighted by molar-refractivity contribution is 5.66. The summed E-state index contributed by atoms with van der Waals surface area (Å²) in [5.41, 5.74) is 6.65. The lowest BCUT2D eigenvalue weighted by molar-refractivity contribution is 0.277. The number of nitrogens with one attached hydrogen (secondary N) is 1. The molecule has 0 spiro atoms. The molecule has 0 aromatic carbocycles. The molecule has 5 nitrogen and oxygen atoms in total. The topological polar surface area (TPSA) is 66.2 Å². The number of aliphatic hydroxyl groups excluding tert-OH is 1. The molecule has 2 N–H and O–H groups in total. The van der Waals surface area contributed by atoms with E-state index < -0.39 is 0 Å². The molecule has 0 amide bonds. The third-order valence-corrected chi connectivity index (χ3v) is 4.95. The fourth-order valence-electron chi connectivity index (χ4n) is 3.40. The number of hydrogen-bond acceptors (Lipinski definition) is 3. The van der Waals surface area contributed by atoms with Crippen LogP contribution in [0.15, 0.2) is 24.5 Å². The Balaban J connectivity index is 1.78. The van der Waals surface area contributed by atoms with Crippen molar-refractivity contribution in [3.05, 3.63) is 41.5 Å². The minimum atomic E-state index is -0.0380. The van der Waals surface area contributed by atoms with E-state index in [1.807, 2.05) is 22.9 Å². The molecule has 1 atom stereocenters. The van der Waals surface area contributed by atoms with E-state index in [2.05, 4.69) is 35.1 Å². The van der Waals surface area contributed by atoms with Gasteiger partial charge in [0.1, 0.15) is 5.65 Å². The van der Waals surface area contributed by atoms with Crippen LogP contribution in [-0.4, -0.2) is 24.7 Å². The number of aromatic nitrogens is 4. The number of nitrogens with zero attached hydrogens (tertiary/aromatic N) is 3. The first-order valence-electron chi connectivity index (χ1n) is 7.77. The summed E-state index contributed by atoms with van der Waals surface area (Å²) in [4.78, 5) is 4.35. The van der Waals surface area contributed by atoms with Crippen molar-refractivity contribution in [1.82, 2.24) is 19.6 Å². The smallest absolute Gasteiger partial charge is 0.137 e. The highest BCUT2D eigenvalue weighted by atomic mass is 16.3. The monoisotopic (exact) mass is 296 g/mol. The summed E-state index contributed by atoms with van der Waals surface area (Å²) >= 11 is 0. The maximum Gasteiger partial charge on any atom is 0.137 e. The number of fused-ring (bicyclic) bond motifs is 2. The minimum absolute atomic E-state index is 0.0380. The number of rotatable bonds is 3. The van der Waals surface area contributed by atoms with E-state index in [1.54, 1.807) is 0 Å². The quantitative estimate of drug-likeness (QED) is 0.781. The van der Waals surface area contributed by atoms with Gasteiger partial charge >= 0.3 is 0 Å². The minimum Gasteiger partial charge on any atom is -0.390 e. The van der Waals surface area contributed by atoms with Gasteiger partial charge in [-0.15, -0.1) is 0 Å². The van der Waals surface area contributed by atoms with Gasteiger partial charge in [-0.1, -0.05) is 20.3 Å². The third-order valence-electron chi connectivity index (χ3n) is 4.95. The maximum absolute atomic E-state index is 9.21. The normalized spacial score (nSPS) is 20.7. The first-order valence-corrected chi connectivity index (χ1v) is 7.77. The van der Waals surface area contributed by atoms with Crippen LogP contribution >= 0.6 is 0 Å². The second-order valence-corrected chi connectivity index (χ2v) is 6.62. The van der Waals surface area contributed by atoms with E-state index in [0.29, 0.717) is 11.1 Å². The van der Waals surface area contributed by atoms with Gasteiger partial charge in [0.2, 0.25) is 0 Å². The lowest BCUT2D eigenvalue weighted by atomic mass is 9.84. The zero-order valence-corrected chi connectivity index (χ0v) is 12.9. The van der Waals surface area contributed by atoms with Crippen molar-refractivity contribution in [3.63, 3.8) is 0 Å². The molecule has 22 heavy (non-hydrogen) atoms. The second-order valence-electron chi connectivity index (χ2n) is 6.62. The van der Waals surface area contributed by atoms with Crippen LogP contribution in [0.25, 0.3) is 16.9 Å². The standard InChI is InChI=1S/C17H20N4O/c1-3-17(2)6-13-14(7-17)19-20-16(13)11-4-5-15-18-12(10-22)9-21(15)8-11/h4-5,8-9,22H,3,6-7,10H2,1-2H3,(H,19,20). The molecule has 0 aliphatic heterocycles. The zero-order valence-electron chi connectivity index (χ0n) is 12.9. The van der Waals surface area contributed by atoms with Crippen molar-refractivity contribution < 1.29 is 5.11 Å². The Morgan fingerprint density at radius 1 is 1.32 bits per heavy atom. The van der Waals surface area contributed by atoms with Crippen LogP contribution in [0.5, 0.6) is 0 Å². The first kappa shape index (κ1) is 13.5. The Bertz CT molecular complexity index is 848. The predicted molar refractivity (Wildman–Crippen MR) is 84.5 cm³/mol. The van der Waals surface area contributed by atoms with Gasteiger partial charge in [0.05, 0.1) is 18.0 Å². The Morgan fingerprint density at radius 3 is 2.95 bits per heavy atom. The molecule has 1 unspecified atom stereocenters. The molecule has 3 aromatic heterocycles. The molecular weight excluding hydrogens is 276 g/mol. The molecule has 1 aliphatic rings. The van der Waals surface area contributed by atoms with E-state index >= 15 is 0 Å². The summed E-state index contributed by atoms with van der Waals surface area (Å²) in [5, 5.41) is 17.0. The summed E-state index contributed by atoms with van der Waals surface area (Å²) in [6.07, 6.45) is 7.24. The Kier molecular flexibility index (Phi) is 2.87. The fourth-order valence-corrected chi connectivity index (χ4v) is 3.40. The molecule has 114 valence electrons. The van der Waals surface area contributed by atoms with Gasteiger partial charge in [0.25, 0.3) is 0 Å². The number of pyridine rings is 1. The van der Waals surface area contributed by atoms with Gasteiger partial charge in [0, 0.05) is 29.2 Å². The molecule has 0 radical (unpaired) electrons. The molecule has 0 saturated heterocycles. The molecule has 0 bridgehead atoms. The van der Waals surface area contributed by atoms with Crippen molar-refractivity contribution >= 4 is 5.65 Å². The molecule has 0 saturated carbocycles. The summed E-state index contributed by atoms with van der Waals surface area (Å²) in [6.45, 7) is 4.56. The SMILES string of the molecule is CCC1(C)Cc2[nH]nc(-c3ccc4nc(CO)cn4c3)c2C1. The van der Waals surface area contributed by atoms with Gasteiger partial charge in [-0.3, -0.25) is 5.10 Å². The van der Waals surface area contributed by atoms with E-state index in [1.165, 1.54) is 17.7 Å². The van der Waals surface area contributed by atoms with E-state index in [0.717, 1.165) is 29.7 Å². The average molecular weight is 296 g/mol. The van der Waals surface area contributed by atoms with E-state index in [9.17, 15) is 5.11 Å². The highest BCUT2D eigenvalue weighted by Crippen LogP contribution is 2.42. The first-order chi connectivity index (χ1) is 10.6. The van der Waals surface area contributed by atoms with Crippen LogP contribution in [0.2, 0.25) is 0 Å². The lowest BCUT2D eigenvalue weighted by Crippen LogP contribution is -2.15. The van der Waals surface area contributed by atoms with Crippen molar-refractivity contribution in [2.75, 3.05) is 0 Å². The summed E-state index contributed by atoms with van der Waals surface area (Å²) < 4.78 is 1.95. The highest BCUT2D eigenvalue weighted by Gasteiger charge is 2.35. The molecule has 0 fully saturated rings. The third kappa shape index (κ3) is 1.96. The van der Waals surface area contributed by atoms with Crippen LogP contribution < -0.4 is 0 Å². The molecular formula is C17H20N4O. The Hall–Kier alpha value is -2.14. The summed E-state index contributed by atoms with van der Waals surface area (Å²) in [5.74, 6) is 0. The van der Waals surface area contributed by atoms with Crippen molar-refractivity contribution in [1.29, 1.82) is 0 Å². The number of hydrogen-bond donors (Lipinski definition) is 2. The van der Waals surface area contributed by atoms with Crippen molar-refractivity contribution in [3.8, 4) is 11.3 Å². The molecule has 5 heteroatoms. The molecule has 3 heterocycles. The van der Waals surface area contributed by atoms with Gasteiger partial charge in [-0.25, -0.2) is 4.98 Å². The van der Waals surface area contributed by atoms with Crippen molar-refractivity contribution in [2.45, 2.75) is 39.7 Å². The lowest BCUT2D eigenvalue weighted by Gasteiger charge is -2.20. The largest absolute Gasteiger partial charge is 0.390 e. The van der Waals surface area contributed by atoms with Gasteiger partial charge in [0.15, 0.2) is 0 Å². The van der Waals surface area contributed by atoms with E-state index in [4.69, 9.17) is 0 Å². The number of aliphatic hydroxyl groups is 1. The predicted octanol–water partition coefficient (Wildman–Crippen LogP) is 2.73. The van der Waals surface area contributed by atoms with Gasteiger partial charge in [-0.05, 0) is 30.4 Å². The molecule has 1 aliphatic carbocycles. The van der Waals surface area contributed by atoms with Crippen molar-refractivity contribution in [2.24, 2.45) is 5.41 Å². The van der Waals surface area contributed by atoms with Gasteiger partial charge in [-0.2, -0.15) is 5.10 Å². The van der Waals surface area contributed by atoms with Gasteiger partial charge < -0.3 is 9.51 Å². The summed E-state index contributed by atoms with van der Waals surface area (Å²) in [7, 11) is 0. The van der Waals surface area contributed by atoms with E-state index in [-0.39, 0.29) is 6.61 Å². The second kappa shape index (κ2) is 4.68. The molecule has 3 aromatic rings. The van der Waals surface area contributed by atoms with Crippen LogP contribution in [0.1, 0.15) is 37.2 Å². The molecule has 4 rings (SSSR count). The maximum atomic E-state index is 9.21. The van der Waals surface area contributed by atoms with Crippen LogP contribution in [0, 0.1) is 5.41 Å².